The van der Waals surface area contributed by atoms with Crippen LogP contribution in [0.15, 0.2) is 46.9 Å². The fourth-order valence-corrected chi connectivity index (χ4v) is 3.12. The van der Waals surface area contributed by atoms with Crippen molar-refractivity contribution in [3.8, 4) is 5.75 Å². The van der Waals surface area contributed by atoms with Gasteiger partial charge in [0, 0.05) is 22.1 Å². The number of benzene rings is 2. The summed E-state index contributed by atoms with van der Waals surface area (Å²) in [6, 6.07) is 12.8. The average Bonchev–Trinajstić information content (AvgIpc) is 2.46. The third-order valence-corrected chi connectivity index (χ3v) is 4.26. The summed E-state index contributed by atoms with van der Waals surface area (Å²) in [6.45, 7) is 4.00. The van der Waals surface area contributed by atoms with E-state index in [9.17, 15) is 4.39 Å². The van der Waals surface area contributed by atoms with E-state index < -0.39 is 0 Å². The molecule has 0 bridgehead atoms. The standard InChI is InChI=1S/C17H19BrFNO/c1-11(13-7-4-5-8-14(13)18)20-12(2)17-15(19)9-6-10-16(17)21-3/h4-12,20H,1-3H3. The lowest BCUT2D eigenvalue weighted by Gasteiger charge is -2.23. The van der Waals surface area contributed by atoms with Crippen molar-refractivity contribution in [2.75, 3.05) is 7.11 Å². The molecule has 2 aromatic carbocycles. The SMILES string of the molecule is COc1cccc(F)c1C(C)NC(C)c1ccccc1Br. The first-order chi connectivity index (χ1) is 10.0. The third-order valence-electron chi connectivity index (χ3n) is 3.54. The predicted molar refractivity (Wildman–Crippen MR) is 87.1 cm³/mol. The first kappa shape index (κ1) is 16.0. The molecule has 2 atom stereocenters. The lowest BCUT2D eigenvalue weighted by Crippen LogP contribution is -2.24. The highest BCUT2D eigenvalue weighted by molar-refractivity contribution is 9.10. The van der Waals surface area contributed by atoms with E-state index >= 15 is 0 Å². The van der Waals surface area contributed by atoms with Gasteiger partial charge < -0.3 is 10.1 Å². The number of hydrogen-bond donors (Lipinski definition) is 1. The maximum Gasteiger partial charge on any atom is 0.131 e. The molecular formula is C17H19BrFNO. The Balaban J connectivity index is 2.22. The number of hydrogen-bond acceptors (Lipinski definition) is 2. The fraction of sp³-hybridized carbons (Fsp3) is 0.294. The summed E-state index contributed by atoms with van der Waals surface area (Å²) in [4.78, 5) is 0. The normalized spacial score (nSPS) is 13.8. The van der Waals surface area contributed by atoms with Gasteiger partial charge in [-0.15, -0.1) is 0 Å². The molecule has 2 unspecified atom stereocenters. The van der Waals surface area contributed by atoms with E-state index in [0.717, 1.165) is 10.0 Å². The summed E-state index contributed by atoms with van der Waals surface area (Å²) in [5, 5.41) is 3.42. The second kappa shape index (κ2) is 7.05. The summed E-state index contributed by atoms with van der Waals surface area (Å²) in [7, 11) is 1.56. The van der Waals surface area contributed by atoms with Crippen LogP contribution in [-0.2, 0) is 0 Å². The molecule has 112 valence electrons. The lowest BCUT2D eigenvalue weighted by atomic mass is 10.0. The number of nitrogens with one attached hydrogen (secondary N) is 1. The lowest BCUT2D eigenvalue weighted by molar-refractivity contribution is 0.387. The van der Waals surface area contributed by atoms with Gasteiger partial charge in [0.15, 0.2) is 0 Å². The van der Waals surface area contributed by atoms with Crippen LogP contribution in [0.5, 0.6) is 5.75 Å². The zero-order chi connectivity index (χ0) is 15.4. The fourth-order valence-electron chi connectivity index (χ4n) is 2.49. The second-order valence-corrected chi connectivity index (χ2v) is 5.84. The Morgan fingerprint density at radius 2 is 1.76 bits per heavy atom. The molecule has 0 amide bonds. The molecule has 0 aliphatic heterocycles. The van der Waals surface area contributed by atoms with Gasteiger partial charge in [-0.2, -0.15) is 0 Å². The molecule has 21 heavy (non-hydrogen) atoms. The molecule has 0 heterocycles. The van der Waals surface area contributed by atoms with Crippen molar-refractivity contribution in [2.45, 2.75) is 25.9 Å². The van der Waals surface area contributed by atoms with Gasteiger partial charge in [0.1, 0.15) is 11.6 Å². The molecule has 0 aliphatic carbocycles. The monoisotopic (exact) mass is 351 g/mol. The van der Waals surface area contributed by atoms with E-state index in [1.54, 1.807) is 19.2 Å². The van der Waals surface area contributed by atoms with Crippen LogP contribution < -0.4 is 10.1 Å². The first-order valence-electron chi connectivity index (χ1n) is 6.87. The third kappa shape index (κ3) is 3.63. The zero-order valence-electron chi connectivity index (χ0n) is 12.4. The number of ether oxygens (including phenoxy) is 1. The minimum absolute atomic E-state index is 0.0832. The molecule has 2 rings (SSSR count). The van der Waals surface area contributed by atoms with E-state index in [1.165, 1.54) is 6.07 Å². The Labute approximate surface area is 133 Å². The highest BCUT2D eigenvalue weighted by atomic mass is 79.9. The Morgan fingerprint density at radius 1 is 1.05 bits per heavy atom. The van der Waals surface area contributed by atoms with E-state index in [0.29, 0.717) is 11.3 Å². The second-order valence-electron chi connectivity index (χ2n) is 4.99. The van der Waals surface area contributed by atoms with E-state index in [1.807, 2.05) is 31.2 Å². The van der Waals surface area contributed by atoms with Crippen LogP contribution in [0.1, 0.15) is 37.1 Å². The highest BCUT2D eigenvalue weighted by Gasteiger charge is 2.19. The topological polar surface area (TPSA) is 21.3 Å². The summed E-state index contributed by atoms with van der Waals surface area (Å²) in [5.74, 6) is 0.308. The molecule has 0 aliphatic rings. The predicted octanol–water partition coefficient (Wildman–Crippen LogP) is 5.01. The van der Waals surface area contributed by atoms with Gasteiger partial charge in [-0.05, 0) is 37.6 Å². The maximum atomic E-state index is 14.1. The quantitative estimate of drug-likeness (QED) is 0.817. The van der Waals surface area contributed by atoms with Crippen LogP contribution in [-0.4, -0.2) is 7.11 Å². The molecule has 2 nitrogen and oxygen atoms in total. The highest BCUT2D eigenvalue weighted by Crippen LogP contribution is 2.31. The summed E-state index contributed by atoms with van der Waals surface area (Å²) >= 11 is 3.55. The molecule has 0 aromatic heterocycles. The first-order valence-corrected chi connectivity index (χ1v) is 7.66. The minimum Gasteiger partial charge on any atom is -0.496 e. The van der Waals surface area contributed by atoms with Crippen molar-refractivity contribution in [1.82, 2.24) is 5.32 Å². The van der Waals surface area contributed by atoms with E-state index in [2.05, 4.69) is 28.2 Å². The average molecular weight is 352 g/mol. The Hall–Kier alpha value is -1.39. The van der Waals surface area contributed by atoms with Gasteiger partial charge in [0.2, 0.25) is 0 Å². The molecule has 2 aromatic rings. The molecule has 1 N–H and O–H groups in total. The van der Waals surface area contributed by atoms with Crippen molar-refractivity contribution in [2.24, 2.45) is 0 Å². The number of rotatable bonds is 5. The zero-order valence-corrected chi connectivity index (χ0v) is 13.9. The van der Waals surface area contributed by atoms with Gasteiger partial charge >= 0.3 is 0 Å². The van der Waals surface area contributed by atoms with Crippen LogP contribution in [0, 0.1) is 5.82 Å². The van der Waals surface area contributed by atoms with Crippen molar-refractivity contribution in [3.05, 3.63) is 63.9 Å². The number of halogens is 2. The van der Waals surface area contributed by atoms with Crippen LogP contribution in [0.25, 0.3) is 0 Å². The van der Waals surface area contributed by atoms with E-state index in [4.69, 9.17) is 4.74 Å². The van der Waals surface area contributed by atoms with Crippen molar-refractivity contribution < 1.29 is 9.13 Å². The van der Waals surface area contributed by atoms with Gasteiger partial charge in [0.25, 0.3) is 0 Å². The van der Waals surface area contributed by atoms with Crippen LogP contribution in [0.2, 0.25) is 0 Å². The molecule has 0 fully saturated rings. The number of methoxy groups -OCH3 is 1. The van der Waals surface area contributed by atoms with Crippen molar-refractivity contribution in [1.29, 1.82) is 0 Å². The smallest absolute Gasteiger partial charge is 0.131 e. The summed E-state index contributed by atoms with van der Waals surface area (Å²) in [5.41, 5.74) is 1.69. The van der Waals surface area contributed by atoms with Gasteiger partial charge in [-0.1, -0.05) is 40.2 Å². The van der Waals surface area contributed by atoms with Crippen LogP contribution in [0.3, 0.4) is 0 Å². The molecule has 4 heteroatoms. The van der Waals surface area contributed by atoms with Crippen LogP contribution in [0.4, 0.5) is 4.39 Å². The van der Waals surface area contributed by atoms with Crippen molar-refractivity contribution in [3.63, 3.8) is 0 Å². The molecule has 0 saturated heterocycles. The Morgan fingerprint density at radius 3 is 2.43 bits per heavy atom. The van der Waals surface area contributed by atoms with Gasteiger partial charge in [0.05, 0.1) is 7.11 Å². The van der Waals surface area contributed by atoms with Crippen LogP contribution >= 0.6 is 15.9 Å². The van der Waals surface area contributed by atoms with Gasteiger partial charge in [-0.25, -0.2) is 4.39 Å². The maximum absolute atomic E-state index is 14.1. The Bertz CT molecular complexity index is 617. The molecule has 0 radical (unpaired) electrons. The van der Waals surface area contributed by atoms with Crippen molar-refractivity contribution >= 4 is 15.9 Å². The minimum atomic E-state index is -0.256. The summed E-state index contributed by atoms with van der Waals surface area (Å²) < 4.78 is 20.4. The Kier molecular flexibility index (Phi) is 5.37. The molecule has 0 spiro atoms. The largest absolute Gasteiger partial charge is 0.496 e. The van der Waals surface area contributed by atoms with Gasteiger partial charge in [-0.3, -0.25) is 0 Å². The summed E-state index contributed by atoms with van der Waals surface area (Å²) in [6.07, 6.45) is 0. The molecular weight excluding hydrogens is 333 g/mol. The molecule has 0 saturated carbocycles. The van der Waals surface area contributed by atoms with E-state index in [-0.39, 0.29) is 17.9 Å².